The van der Waals surface area contributed by atoms with E-state index in [4.69, 9.17) is 10.8 Å². The van der Waals surface area contributed by atoms with Gasteiger partial charge >= 0.3 is 5.97 Å². The maximum atomic E-state index is 11.1. The summed E-state index contributed by atoms with van der Waals surface area (Å²) in [5, 5.41) is 8.54. The van der Waals surface area contributed by atoms with Crippen LogP contribution in [0.4, 0.5) is 0 Å². The number of aliphatic carboxylic acids is 1. The molecule has 0 aliphatic rings. The largest absolute Gasteiger partial charge is 0.480 e. The van der Waals surface area contributed by atoms with Gasteiger partial charge in [-0.2, -0.15) is 0 Å². The van der Waals surface area contributed by atoms with E-state index in [9.17, 15) is 9.59 Å². The SMILES string of the molecule is CC(N)C(=O)N(P)C(C)C(=O)O.N. The van der Waals surface area contributed by atoms with Crippen molar-refractivity contribution < 1.29 is 14.7 Å². The summed E-state index contributed by atoms with van der Waals surface area (Å²) in [5.41, 5.74) is 5.28. The maximum Gasteiger partial charge on any atom is 0.326 e. The minimum Gasteiger partial charge on any atom is -0.480 e. The topological polar surface area (TPSA) is 119 Å². The van der Waals surface area contributed by atoms with E-state index < -0.39 is 24.0 Å². The summed E-state index contributed by atoms with van der Waals surface area (Å²) in [4.78, 5) is 21.5. The first-order valence-electron chi connectivity index (χ1n) is 3.44. The van der Waals surface area contributed by atoms with Crippen molar-refractivity contribution in [3.63, 3.8) is 0 Å². The lowest BCUT2D eigenvalue weighted by atomic mass is 10.3. The van der Waals surface area contributed by atoms with Crippen molar-refractivity contribution in [1.29, 1.82) is 0 Å². The van der Waals surface area contributed by atoms with Crippen LogP contribution < -0.4 is 11.9 Å². The van der Waals surface area contributed by atoms with Gasteiger partial charge in [-0.15, -0.1) is 0 Å². The predicted molar refractivity (Wildman–Crippen MR) is 52.3 cm³/mol. The molecule has 3 unspecified atom stereocenters. The number of hydrogen-bond acceptors (Lipinski definition) is 4. The van der Waals surface area contributed by atoms with E-state index in [0.717, 1.165) is 4.67 Å². The second kappa shape index (κ2) is 5.85. The zero-order valence-electron chi connectivity index (χ0n) is 7.73. The molecule has 0 radical (unpaired) electrons. The monoisotopic (exact) mass is 209 g/mol. The van der Waals surface area contributed by atoms with Crippen molar-refractivity contribution in [3.05, 3.63) is 0 Å². The summed E-state index contributed by atoms with van der Waals surface area (Å²) in [7, 11) is 2.05. The molecular weight excluding hydrogens is 193 g/mol. The first-order chi connectivity index (χ1) is 5.37. The second-order valence-electron chi connectivity index (χ2n) is 2.55. The van der Waals surface area contributed by atoms with Crippen molar-refractivity contribution in [2.45, 2.75) is 25.9 Å². The lowest BCUT2D eigenvalue weighted by Gasteiger charge is -2.22. The fourth-order valence-electron chi connectivity index (χ4n) is 0.545. The van der Waals surface area contributed by atoms with Crippen molar-refractivity contribution in [3.8, 4) is 0 Å². The van der Waals surface area contributed by atoms with Gasteiger partial charge in [0, 0.05) is 0 Å². The van der Waals surface area contributed by atoms with Crippen LogP contribution in [0, 0.1) is 0 Å². The van der Waals surface area contributed by atoms with Crippen LogP contribution in [0.15, 0.2) is 0 Å². The smallest absolute Gasteiger partial charge is 0.326 e. The highest BCUT2D eigenvalue weighted by molar-refractivity contribution is 7.14. The molecule has 0 heterocycles. The van der Waals surface area contributed by atoms with Crippen LogP contribution in [0.25, 0.3) is 0 Å². The molecule has 0 fully saturated rings. The number of amides is 1. The average Bonchev–Trinajstić information content (AvgIpc) is 2.00. The van der Waals surface area contributed by atoms with Gasteiger partial charge in [0.25, 0.3) is 0 Å². The Morgan fingerprint density at radius 2 is 1.85 bits per heavy atom. The second-order valence-corrected chi connectivity index (χ2v) is 3.10. The Morgan fingerprint density at radius 1 is 1.46 bits per heavy atom. The molecule has 13 heavy (non-hydrogen) atoms. The molecule has 6 nitrogen and oxygen atoms in total. The van der Waals surface area contributed by atoms with Crippen LogP contribution in [0.1, 0.15) is 13.8 Å². The van der Waals surface area contributed by atoms with Gasteiger partial charge in [0.15, 0.2) is 0 Å². The summed E-state index contributed by atoms with van der Waals surface area (Å²) in [5.74, 6) is -1.46. The summed E-state index contributed by atoms with van der Waals surface area (Å²) < 4.78 is 1.03. The normalized spacial score (nSPS) is 13.8. The van der Waals surface area contributed by atoms with Gasteiger partial charge in [-0.3, -0.25) is 4.79 Å². The molecule has 0 aliphatic heterocycles. The van der Waals surface area contributed by atoms with Gasteiger partial charge in [-0.05, 0) is 23.2 Å². The standard InChI is InChI=1S/C6H13N2O3P.H3N/c1-3(7)5(9)8(12)4(2)6(10)11;/h3-4H,7,12H2,1-2H3,(H,10,11);1H3. The number of nitrogens with two attached hydrogens (primary N) is 1. The Morgan fingerprint density at radius 3 is 2.08 bits per heavy atom. The van der Waals surface area contributed by atoms with E-state index >= 15 is 0 Å². The highest BCUT2D eigenvalue weighted by atomic mass is 31.0. The molecule has 0 saturated carbocycles. The molecule has 7 heteroatoms. The first kappa shape index (κ1) is 14.8. The van der Waals surface area contributed by atoms with E-state index in [1.807, 2.05) is 9.39 Å². The molecule has 0 rings (SSSR count). The number of carbonyl (C=O) groups is 2. The Bertz CT molecular complexity index is 198. The summed E-state index contributed by atoms with van der Waals surface area (Å²) in [6.07, 6.45) is 0. The van der Waals surface area contributed by atoms with Crippen molar-refractivity contribution in [2.24, 2.45) is 5.73 Å². The maximum absolute atomic E-state index is 11.1. The number of hydrogen-bond donors (Lipinski definition) is 3. The van der Waals surface area contributed by atoms with Crippen LogP contribution >= 0.6 is 9.39 Å². The van der Waals surface area contributed by atoms with Gasteiger partial charge in [-0.25, -0.2) is 4.79 Å². The van der Waals surface area contributed by atoms with E-state index in [2.05, 4.69) is 0 Å². The Kier molecular flexibility index (Phi) is 6.66. The number of rotatable bonds is 3. The number of carboxylic acids is 1. The van der Waals surface area contributed by atoms with Gasteiger partial charge in [0.2, 0.25) is 5.91 Å². The van der Waals surface area contributed by atoms with Crippen molar-refractivity contribution in [2.75, 3.05) is 0 Å². The number of carbonyl (C=O) groups excluding carboxylic acids is 1. The third-order valence-electron chi connectivity index (χ3n) is 1.42. The van der Waals surface area contributed by atoms with Gasteiger partial charge in [-0.1, -0.05) is 0 Å². The fraction of sp³-hybridized carbons (Fsp3) is 0.667. The van der Waals surface area contributed by atoms with Gasteiger partial charge in [0.1, 0.15) is 6.04 Å². The van der Waals surface area contributed by atoms with Crippen LogP contribution in [-0.4, -0.2) is 33.7 Å². The molecule has 0 aromatic carbocycles. The van der Waals surface area contributed by atoms with Crippen LogP contribution in [0.5, 0.6) is 0 Å². The zero-order chi connectivity index (χ0) is 9.89. The Hall–Kier alpha value is -0.710. The molecular formula is C6H16N3O3P. The van der Waals surface area contributed by atoms with Crippen molar-refractivity contribution >= 4 is 21.3 Å². The molecule has 0 aliphatic carbocycles. The van der Waals surface area contributed by atoms with Crippen LogP contribution in [-0.2, 0) is 9.59 Å². The van der Waals surface area contributed by atoms with E-state index in [1.165, 1.54) is 13.8 Å². The highest BCUT2D eigenvalue weighted by Gasteiger charge is 2.23. The molecule has 0 spiro atoms. The third-order valence-corrected chi connectivity index (χ3v) is 2.12. The lowest BCUT2D eigenvalue weighted by Crippen LogP contribution is -2.43. The molecule has 0 saturated heterocycles. The molecule has 3 atom stereocenters. The predicted octanol–water partition coefficient (Wildman–Crippen LogP) is -0.413. The summed E-state index contributed by atoms with van der Waals surface area (Å²) in [6.45, 7) is 2.92. The molecule has 0 aromatic heterocycles. The average molecular weight is 209 g/mol. The van der Waals surface area contributed by atoms with Crippen LogP contribution in [0.2, 0.25) is 0 Å². The first-order valence-corrected chi connectivity index (χ1v) is 3.95. The Labute approximate surface area is 79.3 Å². The molecule has 78 valence electrons. The minimum absolute atomic E-state index is 0. The lowest BCUT2D eigenvalue weighted by molar-refractivity contribution is -0.145. The molecule has 0 aromatic rings. The minimum atomic E-state index is -1.06. The fourth-order valence-corrected chi connectivity index (χ4v) is 0.908. The van der Waals surface area contributed by atoms with E-state index in [-0.39, 0.29) is 6.15 Å². The van der Waals surface area contributed by atoms with E-state index in [0.29, 0.717) is 0 Å². The zero-order valence-corrected chi connectivity index (χ0v) is 8.88. The quantitative estimate of drug-likeness (QED) is 0.546. The van der Waals surface area contributed by atoms with Crippen LogP contribution in [0.3, 0.4) is 0 Å². The van der Waals surface area contributed by atoms with Crippen molar-refractivity contribution in [1.82, 2.24) is 10.8 Å². The Balaban J connectivity index is 0. The molecule has 0 bridgehead atoms. The molecule has 6 N–H and O–H groups in total. The van der Waals surface area contributed by atoms with E-state index in [1.54, 1.807) is 0 Å². The number of carboxylic acid groups (broad SMARTS) is 1. The molecule has 1 amide bonds. The summed E-state index contributed by atoms with van der Waals surface area (Å²) in [6, 6.07) is -1.54. The van der Waals surface area contributed by atoms with Gasteiger partial charge in [0.05, 0.1) is 6.04 Å². The highest BCUT2D eigenvalue weighted by Crippen LogP contribution is 2.07. The third kappa shape index (κ3) is 4.17. The number of nitrogens with zero attached hydrogens (tertiary/aromatic N) is 1. The van der Waals surface area contributed by atoms with Gasteiger partial charge < -0.3 is 21.7 Å². The summed E-state index contributed by atoms with van der Waals surface area (Å²) >= 11 is 0.